The maximum absolute atomic E-state index is 11.5. The van der Waals surface area contributed by atoms with Crippen molar-refractivity contribution in [2.75, 3.05) is 6.54 Å². The Labute approximate surface area is 56.3 Å². The van der Waals surface area contributed by atoms with E-state index in [0.717, 1.165) is 0 Å². The minimum atomic E-state index is -2.85. The van der Waals surface area contributed by atoms with Crippen LogP contribution < -0.4 is 5.32 Å². The highest BCUT2D eigenvalue weighted by molar-refractivity contribution is 5.82. The Balaban J connectivity index is 2.33. The molecular weight excluding hydrogens is 144 g/mol. The van der Waals surface area contributed by atoms with Crippen molar-refractivity contribution in [3.8, 4) is 0 Å². The molecule has 0 aliphatic carbocycles. The molecule has 1 N–H and O–H groups in total. The third-order valence-electron chi connectivity index (χ3n) is 1.27. The van der Waals surface area contributed by atoms with E-state index < -0.39 is 18.6 Å². The van der Waals surface area contributed by atoms with Gasteiger partial charge in [0, 0.05) is 13.0 Å². The SMILES string of the molecule is O=C1NCCC1OC(F)F. The van der Waals surface area contributed by atoms with Crippen LogP contribution in [0.2, 0.25) is 0 Å². The standard InChI is InChI=1S/C5H7F2NO2/c6-5(7)10-3-1-2-8-4(3)9/h3,5H,1-2H2,(H,8,9). The third kappa shape index (κ3) is 1.63. The summed E-state index contributed by atoms with van der Waals surface area (Å²) in [6.45, 7) is -2.43. The minimum absolute atomic E-state index is 0.336. The molecule has 0 bridgehead atoms. The number of hydrogen-bond donors (Lipinski definition) is 1. The molecule has 1 unspecified atom stereocenters. The van der Waals surface area contributed by atoms with Crippen molar-refractivity contribution < 1.29 is 18.3 Å². The monoisotopic (exact) mass is 151 g/mol. The second-order valence-electron chi connectivity index (χ2n) is 1.97. The highest BCUT2D eigenvalue weighted by atomic mass is 19.3. The van der Waals surface area contributed by atoms with Gasteiger partial charge < -0.3 is 10.1 Å². The average molecular weight is 151 g/mol. The molecule has 1 rings (SSSR count). The lowest BCUT2D eigenvalue weighted by Crippen LogP contribution is -2.26. The van der Waals surface area contributed by atoms with Crippen molar-refractivity contribution in [3.05, 3.63) is 0 Å². The van der Waals surface area contributed by atoms with Crippen LogP contribution >= 0.6 is 0 Å². The molecule has 0 saturated carbocycles. The smallest absolute Gasteiger partial charge is 0.346 e. The largest absolute Gasteiger partial charge is 0.354 e. The molecule has 3 nitrogen and oxygen atoms in total. The van der Waals surface area contributed by atoms with E-state index >= 15 is 0 Å². The van der Waals surface area contributed by atoms with Gasteiger partial charge in [-0.05, 0) is 0 Å². The number of halogens is 2. The van der Waals surface area contributed by atoms with Gasteiger partial charge in [0.1, 0.15) is 6.10 Å². The molecule has 0 aromatic heterocycles. The van der Waals surface area contributed by atoms with Gasteiger partial charge in [-0.2, -0.15) is 8.78 Å². The molecule has 1 amide bonds. The molecule has 10 heavy (non-hydrogen) atoms. The van der Waals surface area contributed by atoms with Crippen LogP contribution in [-0.2, 0) is 9.53 Å². The van der Waals surface area contributed by atoms with Gasteiger partial charge in [0.05, 0.1) is 0 Å². The van der Waals surface area contributed by atoms with Crippen molar-refractivity contribution in [1.29, 1.82) is 0 Å². The van der Waals surface area contributed by atoms with Crippen LogP contribution in [0.5, 0.6) is 0 Å². The summed E-state index contributed by atoms with van der Waals surface area (Å²) in [5.74, 6) is -0.444. The maximum atomic E-state index is 11.5. The van der Waals surface area contributed by atoms with E-state index in [2.05, 4.69) is 10.1 Å². The van der Waals surface area contributed by atoms with Crippen molar-refractivity contribution in [1.82, 2.24) is 5.32 Å². The number of carbonyl (C=O) groups is 1. The Hall–Kier alpha value is -0.710. The molecule has 1 aliphatic rings. The first kappa shape index (κ1) is 7.40. The van der Waals surface area contributed by atoms with Crippen molar-refractivity contribution in [2.24, 2.45) is 0 Å². The Morgan fingerprint density at radius 2 is 2.40 bits per heavy atom. The van der Waals surface area contributed by atoms with E-state index in [1.165, 1.54) is 0 Å². The number of hydrogen-bond acceptors (Lipinski definition) is 2. The Morgan fingerprint density at radius 3 is 2.80 bits per heavy atom. The lowest BCUT2D eigenvalue weighted by atomic mass is 10.3. The molecule has 0 radical (unpaired) electrons. The topological polar surface area (TPSA) is 38.3 Å². The molecule has 0 aromatic carbocycles. The second-order valence-corrected chi connectivity index (χ2v) is 1.97. The van der Waals surface area contributed by atoms with Crippen LogP contribution in [0.15, 0.2) is 0 Å². The summed E-state index contributed by atoms with van der Waals surface area (Å²) in [7, 11) is 0. The third-order valence-corrected chi connectivity index (χ3v) is 1.27. The number of alkyl halides is 2. The fourth-order valence-electron chi connectivity index (χ4n) is 0.825. The fraction of sp³-hybridized carbons (Fsp3) is 0.800. The van der Waals surface area contributed by atoms with Crippen molar-refractivity contribution >= 4 is 5.91 Å². The Morgan fingerprint density at radius 1 is 1.70 bits per heavy atom. The van der Waals surface area contributed by atoms with E-state index in [4.69, 9.17) is 0 Å². The fourth-order valence-corrected chi connectivity index (χ4v) is 0.825. The normalized spacial score (nSPS) is 25.5. The molecule has 1 fully saturated rings. The van der Waals surface area contributed by atoms with Crippen molar-refractivity contribution in [3.63, 3.8) is 0 Å². The van der Waals surface area contributed by atoms with Crippen LogP contribution in [0.1, 0.15) is 6.42 Å². The van der Waals surface area contributed by atoms with Crippen LogP contribution in [0.25, 0.3) is 0 Å². The van der Waals surface area contributed by atoms with Crippen molar-refractivity contribution in [2.45, 2.75) is 19.1 Å². The highest BCUT2D eigenvalue weighted by Crippen LogP contribution is 2.09. The van der Waals surface area contributed by atoms with E-state index in [1.54, 1.807) is 0 Å². The lowest BCUT2D eigenvalue weighted by Gasteiger charge is -2.05. The van der Waals surface area contributed by atoms with Crippen LogP contribution in [0, 0.1) is 0 Å². The van der Waals surface area contributed by atoms with Gasteiger partial charge in [-0.1, -0.05) is 0 Å². The van der Waals surface area contributed by atoms with Gasteiger partial charge in [0.25, 0.3) is 0 Å². The highest BCUT2D eigenvalue weighted by Gasteiger charge is 2.27. The molecular formula is C5H7F2NO2. The number of amides is 1. The average Bonchev–Trinajstić information content (AvgIpc) is 2.15. The predicted molar refractivity (Wildman–Crippen MR) is 28.5 cm³/mol. The summed E-state index contributed by atoms with van der Waals surface area (Å²) >= 11 is 0. The molecule has 1 saturated heterocycles. The van der Waals surface area contributed by atoms with Gasteiger partial charge in [-0.25, -0.2) is 0 Å². The number of ether oxygens (including phenoxy) is 1. The van der Waals surface area contributed by atoms with E-state index in [0.29, 0.717) is 13.0 Å². The first-order chi connectivity index (χ1) is 4.70. The zero-order valence-electron chi connectivity index (χ0n) is 5.14. The predicted octanol–water partition coefficient (Wildman–Crippen LogP) is 0.114. The molecule has 1 aliphatic heterocycles. The van der Waals surface area contributed by atoms with E-state index in [1.807, 2.05) is 0 Å². The molecule has 0 spiro atoms. The van der Waals surface area contributed by atoms with Crippen LogP contribution in [-0.4, -0.2) is 25.2 Å². The van der Waals surface area contributed by atoms with Gasteiger partial charge in [-0.15, -0.1) is 0 Å². The number of carbonyl (C=O) groups excluding carboxylic acids is 1. The zero-order chi connectivity index (χ0) is 7.56. The molecule has 5 heteroatoms. The molecule has 1 heterocycles. The maximum Gasteiger partial charge on any atom is 0.346 e. The summed E-state index contributed by atoms with van der Waals surface area (Å²) < 4.78 is 26.9. The van der Waals surface area contributed by atoms with Gasteiger partial charge >= 0.3 is 6.61 Å². The summed E-state index contributed by atoms with van der Waals surface area (Å²) in [5.41, 5.74) is 0. The van der Waals surface area contributed by atoms with Gasteiger partial charge in [0.2, 0.25) is 5.91 Å². The summed E-state index contributed by atoms with van der Waals surface area (Å²) in [4.78, 5) is 10.5. The quantitative estimate of drug-likeness (QED) is 0.608. The zero-order valence-corrected chi connectivity index (χ0v) is 5.14. The first-order valence-electron chi connectivity index (χ1n) is 2.91. The Bertz CT molecular complexity index is 140. The first-order valence-corrected chi connectivity index (χ1v) is 2.91. The van der Waals surface area contributed by atoms with E-state index in [9.17, 15) is 13.6 Å². The molecule has 58 valence electrons. The molecule has 0 aromatic rings. The number of rotatable bonds is 2. The minimum Gasteiger partial charge on any atom is -0.354 e. The van der Waals surface area contributed by atoms with E-state index in [-0.39, 0.29) is 0 Å². The van der Waals surface area contributed by atoms with Gasteiger partial charge in [-0.3, -0.25) is 4.79 Å². The van der Waals surface area contributed by atoms with Crippen LogP contribution in [0.4, 0.5) is 8.78 Å². The lowest BCUT2D eigenvalue weighted by molar-refractivity contribution is -0.170. The van der Waals surface area contributed by atoms with Crippen LogP contribution in [0.3, 0.4) is 0 Å². The van der Waals surface area contributed by atoms with Gasteiger partial charge in [0.15, 0.2) is 0 Å². The summed E-state index contributed by atoms with van der Waals surface area (Å²) in [6.07, 6.45) is -0.608. The number of nitrogens with one attached hydrogen (secondary N) is 1. The molecule has 1 atom stereocenters. The Kier molecular flexibility index (Phi) is 2.16. The summed E-state index contributed by atoms with van der Waals surface area (Å²) in [6, 6.07) is 0. The second kappa shape index (κ2) is 2.92. The summed E-state index contributed by atoms with van der Waals surface area (Å²) in [5, 5.41) is 2.38.